The minimum atomic E-state index is -1.17. The van der Waals surface area contributed by atoms with Gasteiger partial charge in [-0.2, -0.15) is 0 Å². The van der Waals surface area contributed by atoms with E-state index in [0.29, 0.717) is 34.2 Å². The Morgan fingerprint density at radius 1 is 0.976 bits per heavy atom. The van der Waals surface area contributed by atoms with Crippen molar-refractivity contribution in [1.29, 1.82) is 0 Å². The van der Waals surface area contributed by atoms with Crippen LogP contribution >= 0.6 is 0 Å². The standard InChI is InChI=1S/C34H35NO7/c1-5-30(40-4)32(41-22-24-12-8-6-9-13-24)28-20-29(34(37)38)35(21-23(28)2)33(36)31(25-14-10-7-11-15-25)42-27-18-16-26(39-3)17-19-27/h5-19,29,31H,1,20-22H2,2-4H3,(H,37,38)/b32-30-/t29-,31+/m0/s1. The van der Waals surface area contributed by atoms with Crippen molar-refractivity contribution in [3.63, 3.8) is 0 Å². The van der Waals surface area contributed by atoms with Crippen LogP contribution in [0.1, 0.15) is 30.6 Å². The molecule has 8 heteroatoms. The van der Waals surface area contributed by atoms with Crippen LogP contribution in [0.25, 0.3) is 0 Å². The van der Waals surface area contributed by atoms with Gasteiger partial charge in [-0.15, -0.1) is 0 Å². The van der Waals surface area contributed by atoms with Gasteiger partial charge in [-0.3, -0.25) is 4.79 Å². The third kappa shape index (κ3) is 7.01. The molecule has 3 aromatic rings. The highest BCUT2D eigenvalue weighted by atomic mass is 16.5. The lowest BCUT2D eigenvalue weighted by molar-refractivity contribution is -0.153. The second kappa shape index (κ2) is 14.1. The molecule has 1 heterocycles. The fourth-order valence-corrected chi connectivity index (χ4v) is 4.81. The number of aliphatic carboxylic acids is 1. The minimum absolute atomic E-state index is 0.0156. The second-order valence-electron chi connectivity index (χ2n) is 9.74. The molecule has 0 aliphatic carbocycles. The van der Waals surface area contributed by atoms with Gasteiger partial charge < -0.3 is 29.0 Å². The summed E-state index contributed by atoms with van der Waals surface area (Å²) in [5, 5.41) is 10.3. The summed E-state index contributed by atoms with van der Waals surface area (Å²) in [5.41, 5.74) is 2.98. The Hall–Kier alpha value is -4.98. The Bertz CT molecular complexity index is 1450. The van der Waals surface area contributed by atoms with Gasteiger partial charge >= 0.3 is 5.97 Å². The molecule has 8 nitrogen and oxygen atoms in total. The van der Waals surface area contributed by atoms with Crippen LogP contribution in [0.2, 0.25) is 0 Å². The fraction of sp³-hybridized carbons (Fsp3) is 0.235. The van der Waals surface area contributed by atoms with Crippen LogP contribution in [-0.2, 0) is 25.7 Å². The molecule has 0 aromatic heterocycles. The van der Waals surface area contributed by atoms with Crippen molar-refractivity contribution >= 4 is 11.9 Å². The molecule has 0 spiro atoms. The number of benzene rings is 3. The third-order valence-corrected chi connectivity index (χ3v) is 7.03. The van der Waals surface area contributed by atoms with Crippen molar-refractivity contribution in [3.8, 4) is 11.5 Å². The lowest BCUT2D eigenvalue weighted by atomic mass is 9.91. The Labute approximate surface area is 246 Å². The van der Waals surface area contributed by atoms with E-state index in [4.69, 9.17) is 18.9 Å². The van der Waals surface area contributed by atoms with Crippen molar-refractivity contribution in [3.05, 3.63) is 131 Å². The van der Waals surface area contributed by atoms with Gasteiger partial charge in [0.25, 0.3) is 5.91 Å². The van der Waals surface area contributed by atoms with Crippen molar-refractivity contribution in [2.75, 3.05) is 20.8 Å². The van der Waals surface area contributed by atoms with E-state index in [9.17, 15) is 14.7 Å². The number of amides is 1. The maximum Gasteiger partial charge on any atom is 0.326 e. The maximum atomic E-state index is 14.1. The number of carboxylic acid groups (broad SMARTS) is 1. The lowest BCUT2D eigenvalue weighted by Crippen LogP contribution is -2.51. The van der Waals surface area contributed by atoms with Crippen LogP contribution in [0, 0.1) is 0 Å². The molecule has 0 radical (unpaired) electrons. The van der Waals surface area contributed by atoms with E-state index in [-0.39, 0.29) is 19.6 Å². The van der Waals surface area contributed by atoms with Gasteiger partial charge in [0.15, 0.2) is 11.5 Å². The van der Waals surface area contributed by atoms with Crippen LogP contribution in [0.3, 0.4) is 0 Å². The van der Waals surface area contributed by atoms with Gasteiger partial charge in [-0.1, -0.05) is 67.2 Å². The molecule has 218 valence electrons. The van der Waals surface area contributed by atoms with E-state index in [2.05, 4.69) is 6.58 Å². The van der Waals surface area contributed by atoms with E-state index in [0.717, 1.165) is 11.1 Å². The summed E-state index contributed by atoms with van der Waals surface area (Å²) in [4.78, 5) is 28.1. The summed E-state index contributed by atoms with van der Waals surface area (Å²) >= 11 is 0. The summed E-state index contributed by atoms with van der Waals surface area (Å²) in [5.74, 6) is 0.285. The van der Waals surface area contributed by atoms with E-state index < -0.39 is 24.0 Å². The molecule has 0 fully saturated rings. The predicted molar refractivity (Wildman–Crippen MR) is 159 cm³/mol. The van der Waals surface area contributed by atoms with Crippen LogP contribution in [-0.4, -0.2) is 48.7 Å². The molecule has 2 atom stereocenters. The van der Waals surface area contributed by atoms with Crippen molar-refractivity contribution in [1.82, 2.24) is 4.90 Å². The molecule has 0 saturated heterocycles. The Morgan fingerprint density at radius 2 is 1.60 bits per heavy atom. The third-order valence-electron chi connectivity index (χ3n) is 7.03. The van der Waals surface area contributed by atoms with Crippen LogP contribution < -0.4 is 9.47 Å². The van der Waals surface area contributed by atoms with Gasteiger partial charge in [0.05, 0.1) is 14.2 Å². The predicted octanol–water partition coefficient (Wildman–Crippen LogP) is 6.08. The van der Waals surface area contributed by atoms with Gasteiger partial charge in [0, 0.05) is 24.1 Å². The van der Waals surface area contributed by atoms with E-state index >= 15 is 0 Å². The smallest absolute Gasteiger partial charge is 0.326 e. The number of carbonyl (C=O) groups is 2. The summed E-state index contributed by atoms with van der Waals surface area (Å²) in [6.45, 7) is 6.01. The molecule has 42 heavy (non-hydrogen) atoms. The zero-order valence-corrected chi connectivity index (χ0v) is 24.0. The molecule has 3 aromatic carbocycles. The molecule has 4 rings (SSSR count). The van der Waals surface area contributed by atoms with Crippen LogP contribution in [0.4, 0.5) is 0 Å². The molecule has 1 amide bonds. The molecule has 0 saturated carbocycles. The first-order chi connectivity index (χ1) is 20.4. The minimum Gasteiger partial charge on any atom is -0.497 e. The Balaban J connectivity index is 1.68. The zero-order valence-electron chi connectivity index (χ0n) is 24.0. The van der Waals surface area contributed by atoms with Gasteiger partial charge in [0.1, 0.15) is 24.1 Å². The quantitative estimate of drug-likeness (QED) is 0.209. The highest BCUT2D eigenvalue weighted by Crippen LogP contribution is 2.35. The Morgan fingerprint density at radius 3 is 2.17 bits per heavy atom. The first-order valence-corrected chi connectivity index (χ1v) is 13.5. The largest absolute Gasteiger partial charge is 0.497 e. The normalized spacial score (nSPS) is 16.2. The first kappa shape index (κ1) is 30.0. The van der Waals surface area contributed by atoms with E-state index in [1.165, 1.54) is 18.1 Å². The van der Waals surface area contributed by atoms with Crippen LogP contribution in [0.5, 0.6) is 11.5 Å². The summed E-state index contributed by atoms with van der Waals surface area (Å²) in [6, 6.07) is 24.4. The summed E-state index contributed by atoms with van der Waals surface area (Å²) < 4.78 is 23.2. The molecule has 1 aliphatic heterocycles. The first-order valence-electron chi connectivity index (χ1n) is 13.5. The summed E-state index contributed by atoms with van der Waals surface area (Å²) in [6.07, 6.45) is 0.479. The highest BCUT2D eigenvalue weighted by Gasteiger charge is 2.40. The van der Waals surface area contributed by atoms with E-state index in [1.807, 2.05) is 55.5 Å². The monoisotopic (exact) mass is 569 g/mol. The average molecular weight is 570 g/mol. The topological polar surface area (TPSA) is 94.5 Å². The molecule has 0 unspecified atom stereocenters. The fourth-order valence-electron chi connectivity index (χ4n) is 4.81. The second-order valence-corrected chi connectivity index (χ2v) is 9.74. The van der Waals surface area contributed by atoms with E-state index in [1.54, 1.807) is 43.5 Å². The van der Waals surface area contributed by atoms with Gasteiger partial charge in [-0.05, 0) is 48.4 Å². The molecule has 0 bridgehead atoms. The van der Waals surface area contributed by atoms with Gasteiger partial charge in [-0.25, -0.2) is 4.79 Å². The van der Waals surface area contributed by atoms with Crippen molar-refractivity contribution in [2.45, 2.75) is 32.1 Å². The van der Waals surface area contributed by atoms with Crippen LogP contribution in [0.15, 0.2) is 120 Å². The number of carboxylic acids is 1. The SMILES string of the molecule is C=C/C(OC)=C(/OCc1ccccc1)C1=C(C)CN(C(=O)[C@H](Oc2ccc(OC)cc2)c2ccccc2)[C@H](C(=O)O)C1. The molecule has 1 N–H and O–H groups in total. The number of nitrogens with zero attached hydrogens (tertiary/aromatic N) is 1. The van der Waals surface area contributed by atoms with Crippen molar-refractivity contribution in [2.24, 2.45) is 0 Å². The number of hydrogen-bond acceptors (Lipinski definition) is 6. The number of hydrogen-bond donors (Lipinski definition) is 1. The van der Waals surface area contributed by atoms with Gasteiger partial charge in [0.2, 0.25) is 6.10 Å². The number of rotatable bonds is 12. The number of methoxy groups -OCH3 is 2. The maximum absolute atomic E-state index is 14.1. The number of allylic oxidation sites excluding steroid dienone is 2. The number of ether oxygens (including phenoxy) is 4. The lowest BCUT2D eigenvalue weighted by Gasteiger charge is -2.37. The summed E-state index contributed by atoms with van der Waals surface area (Å²) in [7, 11) is 3.07. The molecular weight excluding hydrogens is 534 g/mol. The number of carbonyl (C=O) groups excluding carboxylic acids is 1. The highest BCUT2D eigenvalue weighted by molar-refractivity contribution is 5.88. The average Bonchev–Trinajstić information content (AvgIpc) is 3.02. The van der Waals surface area contributed by atoms with Crippen molar-refractivity contribution < 1.29 is 33.6 Å². The zero-order chi connectivity index (χ0) is 30.1. The molecular formula is C34H35NO7. The molecule has 1 aliphatic rings. The Kier molecular flexibility index (Phi) is 10.1.